The molecule has 1 fully saturated rings. The summed E-state index contributed by atoms with van der Waals surface area (Å²) in [5.74, 6) is -0.513. The first-order valence-electron chi connectivity index (χ1n) is 13.9. The second-order valence-electron chi connectivity index (χ2n) is 10.9. The van der Waals surface area contributed by atoms with E-state index in [1.165, 1.54) is 18.6 Å². The highest BCUT2D eigenvalue weighted by molar-refractivity contribution is 7.92. The summed E-state index contributed by atoms with van der Waals surface area (Å²) in [6, 6.07) is 12.2. The summed E-state index contributed by atoms with van der Waals surface area (Å²) in [4.78, 5) is 29.9. The molecule has 11 heteroatoms. The van der Waals surface area contributed by atoms with Crippen LogP contribution in [0.2, 0.25) is 0 Å². The predicted molar refractivity (Wildman–Crippen MR) is 153 cm³/mol. The number of para-hydroxylation sites is 1. The van der Waals surface area contributed by atoms with Gasteiger partial charge >= 0.3 is 6.03 Å². The number of anilines is 1. The number of rotatable bonds is 8. The SMILES string of the molecule is C[C@H](CO)N1C[C@H](C)[C@H](CN(C)C(=O)NC2CCCCC2)Oc2c(NS(=O)(=O)c3ccccc3)cccc2C1=O. The maximum atomic E-state index is 13.7. The van der Waals surface area contributed by atoms with Crippen molar-refractivity contribution in [3.8, 4) is 5.75 Å². The molecule has 1 saturated carbocycles. The topological polar surface area (TPSA) is 128 Å². The number of carbonyl (C=O) groups is 2. The molecule has 10 nitrogen and oxygen atoms in total. The third-order valence-electron chi connectivity index (χ3n) is 7.72. The largest absolute Gasteiger partial charge is 0.485 e. The van der Waals surface area contributed by atoms with Crippen LogP contribution in [-0.4, -0.2) is 80.2 Å². The number of amides is 3. The number of nitrogens with one attached hydrogen (secondary N) is 2. The van der Waals surface area contributed by atoms with Crippen molar-refractivity contribution in [3.63, 3.8) is 0 Å². The maximum absolute atomic E-state index is 13.7. The fraction of sp³-hybridized carbons (Fsp3) is 0.517. The molecular formula is C29H40N4O6S. The third-order valence-corrected chi connectivity index (χ3v) is 9.10. The van der Waals surface area contributed by atoms with E-state index in [1.54, 1.807) is 60.2 Å². The van der Waals surface area contributed by atoms with E-state index in [1.807, 2.05) is 6.92 Å². The van der Waals surface area contributed by atoms with Crippen LogP contribution in [0.25, 0.3) is 0 Å². The molecule has 0 unspecified atom stereocenters. The summed E-state index contributed by atoms with van der Waals surface area (Å²) in [5.41, 5.74) is 0.305. The quantitative estimate of drug-likeness (QED) is 0.443. The number of hydrogen-bond donors (Lipinski definition) is 3. The van der Waals surface area contributed by atoms with Gasteiger partial charge in [-0.25, -0.2) is 13.2 Å². The number of likely N-dealkylation sites (N-methyl/N-ethyl adjacent to an activating group) is 1. The minimum atomic E-state index is -3.97. The van der Waals surface area contributed by atoms with Gasteiger partial charge in [0.1, 0.15) is 6.10 Å². The summed E-state index contributed by atoms with van der Waals surface area (Å²) in [5, 5.41) is 13.0. The summed E-state index contributed by atoms with van der Waals surface area (Å²) < 4.78 is 35.4. The lowest BCUT2D eigenvalue weighted by Crippen LogP contribution is -2.52. The van der Waals surface area contributed by atoms with Crippen molar-refractivity contribution in [3.05, 3.63) is 54.1 Å². The number of aliphatic hydroxyl groups is 1. The van der Waals surface area contributed by atoms with Crippen LogP contribution in [0.1, 0.15) is 56.3 Å². The highest BCUT2D eigenvalue weighted by Crippen LogP contribution is 2.36. The number of aliphatic hydroxyl groups excluding tert-OH is 1. The molecule has 3 amide bonds. The molecule has 218 valence electrons. The Morgan fingerprint density at radius 2 is 1.82 bits per heavy atom. The normalized spacial score (nSPS) is 20.9. The van der Waals surface area contributed by atoms with E-state index in [-0.39, 0.29) is 58.9 Å². The molecule has 2 aliphatic rings. The Hall–Kier alpha value is -3.31. The predicted octanol–water partition coefficient (Wildman–Crippen LogP) is 3.68. The molecule has 0 saturated heterocycles. The van der Waals surface area contributed by atoms with Crippen molar-refractivity contribution in [2.75, 3.05) is 31.5 Å². The molecule has 3 atom stereocenters. The lowest BCUT2D eigenvalue weighted by molar-refractivity contribution is 0.0368. The van der Waals surface area contributed by atoms with Gasteiger partial charge in [0.15, 0.2) is 5.75 Å². The molecule has 0 bridgehead atoms. The number of hydrogen-bond acceptors (Lipinski definition) is 6. The highest BCUT2D eigenvalue weighted by atomic mass is 32.2. The van der Waals surface area contributed by atoms with Crippen molar-refractivity contribution in [2.24, 2.45) is 5.92 Å². The summed E-state index contributed by atoms with van der Waals surface area (Å²) >= 11 is 0. The van der Waals surface area contributed by atoms with Crippen LogP contribution in [0.15, 0.2) is 53.4 Å². The molecule has 2 aromatic rings. The Kier molecular flexibility index (Phi) is 9.57. The molecule has 3 N–H and O–H groups in total. The van der Waals surface area contributed by atoms with Gasteiger partial charge < -0.3 is 25.0 Å². The van der Waals surface area contributed by atoms with Crippen LogP contribution in [0.4, 0.5) is 10.5 Å². The smallest absolute Gasteiger partial charge is 0.317 e. The Morgan fingerprint density at radius 1 is 1.12 bits per heavy atom. The van der Waals surface area contributed by atoms with Gasteiger partial charge in [0.2, 0.25) is 0 Å². The van der Waals surface area contributed by atoms with Crippen LogP contribution >= 0.6 is 0 Å². The first kappa shape index (κ1) is 29.7. The Bertz CT molecular complexity index is 1280. The number of nitrogens with zero attached hydrogens (tertiary/aromatic N) is 2. The molecule has 1 aliphatic heterocycles. The minimum absolute atomic E-state index is 0.0735. The zero-order chi connectivity index (χ0) is 28.9. The average Bonchev–Trinajstić information content (AvgIpc) is 2.95. The highest BCUT2D eigenvalue weighted by Gasteiger charge is 2.35. The van der Waals surface area contributed by atoms with Crippen molar-refractivity contribution < 1.29 is 27.9 Å². The molecule has 0 aromatic heterocycles. The monoisotopic (exact) mass is 572 g/mol. The van der Waals surface area contributed by atoms with Gasteiger partial charge in [-0.05, 0) is 44.0 Å². The van der Waals surface area contributed by atoms with Gasteiger partial charge in [-0.1, -0.05) is 50.5 Å². The van der Waals surface area contributed by atoms with Crippen molar-refractivity contribution >= 4 is 27.6 Å². The first-order valence-corrected chi connectivity index (χ1v) is 15.4. The summed E-state index contributed by atoms with van der Waals surface area (Å²) in [7, 11) is -2.27. The third kappa shape index (κ3) is 6.87. The van der Waals surface area contributed by atoms with Crippen molar-refractivity contribution in [1.82, 2.24) is 15.1 Å². The van der Waals surface area contributed by atoms with E-state index in [0.717, 1.165) is 25.7 Å². The molecule has 40 heavy (non-hydrogen) atoms. The maximum Gasteiger partial charge on any atom is 0.317 e. The van der Waals surface area contributed by atoms with E-state index in [2.05, 4.69) is 10.0 Å². The van der Waals surface area contributed by atoms with E-state index >= 15 is 0 Å². The molecule has 1 heterocycles. The Morgan fingerprint density at radius 3 is 2.50 bits per heavy atom. The van der Waals surface area contributed by atoms with E-state index in [0.29, 0.717) is 6.54 Å². The minimum Gasteiger partial charge on any atom is -0.485 e. The zero-order valence-corrected chi connectivity index (χ0v) is 24.2. The molecule has 4 rings (SSSR count). The van der Waals surface area contributed by atoms with Crippen LogP contribution in [0.5, 0.6) is 5.75 Å². The van der Waals surface area contributed by atoms with Gasteiger partial charge in [0, 0.05) is 25.6 Å². The van der Waals surface area contributed by atoms with Crippen LogP contribution < -0.4 is 14.8 Å². The van der Waals surface area contributed by atoms with Gasteiger partial charge in [0.25, 0.3) is 15.9 Å². The number of sulfonamides is 1. The van der Waals surface area contributed by atoms with Crippen LogP contribution in [-0.2, 0) is 10.0 Å². The van der Waals surface area contributed by atoms with Crippen molar-refractivity contribution in [2.45, 2.75) is 69.0 Å². The van der Waals surface area contributed by atoms with Gasteiger partial charge in [-0.2, -0.15) is 0 Å². The van der Waals surface area contributed by atoms with Gasteiger partial charge in [-0.15, -0.1) is 0 Å². The fourth-order valence-electron chi connectivity index (χ4n) is 5.23. The molecule has 0 radical (unpaired) electrons. The van der Waals surface area contributed by atoms with E-state index in [9.17, 15) is 23.1 Å². The number of benzene rings is 2. The summed E-state index contributed by atoms with van der Waals surface area (Å²) in [6.45, 7) is 3.96. The van der Waals surface area contributed by atoms with E-state index in [4.69, 9.17) is 4.74 Å². The van der Waals surface area contributed by atoms with Gasteiger partial charge in [-0.3, -0.25) is 9.52 Å². The molecular weight excluding hydrogens is 532 g/mol. The second kappa shape index (κ2) is 12.9. The number of ether oxygens (including phenoxy) is 1. The molecule has 2 aromatic carbocycles. The van der Waals surface area contributed by atoms with E-state index < -0.39 is 22.2 Å². The average molecular weight is 573 g/mol. The zero-order valence-electron chi connectivity index (χ0n) is 23.4. The Balaban J connectivity index is 1.66. The fourth-order valence-corrected chi connectivity index (χ4v) is 6.31. The van der Waals surface area contributed by atoms with Crippen LogP contribution in [0.3, 0.4) is 0 Å². The molecule has 1 aliphatic carbocycles. The standard InChI is InChI=1S/C29H40N4O6S/c1-20-17-33(21(2)19-34)28(35)24-15-10-16-25(31-40(37,38)23-13-8-5-9-14-23)27(24)39-26(20)18-32(3)29(36)30-22-11-6-4-7-12-22/h5,8-10,13-16,20-22,26,31,34H,4,6-7,11-12,17-19H2,1-3H3,(H,30,36)/t20-,21+,26-/m0/s1. The second-order valence-corrected chi connectivity index (χ2v) is 12.6. The lowest BCUT2D eigenvalue weighted by Gasteiger charge is -2.38. The first-order chi connectivity index (χ1) is 19.1. The van der Waals surface area contributed by atoms with Crippen molar-refractivity contribution in [1.29, 1.82) is 0 Å². The van der Waals surface area contributed by atoms with Gasteiger partial charge in [0.05, 0.1) is 35.3 Å². The van der Waals surface area contributed by atoms with Crippen LogP contribution in [0, 0.1) is 5.92 Å². The number of urea groups is 1. The summed E-state index contributed by atoms with van der Waals surface area (Å²) in [6.07, 6.45) is 4.75. The Labute approximate surface area is 236 Å². The molecule has 0 spiro atoms. The number of carbonyl (C=O) groups excluding carboxylic acids is 2. The lowest BCUT2D eigenvalue weighted by atomic mass is 9.96. The number of fused-ring (bicyclic) bond motifs is 1.